The molecular weight excluding hydrogens is 260 g/mol. The molecule has 3 N–H and O–H groups in total. The minimum absolute atomic E-state index is 0.0954. The van der Waals surface area contributed by atoms with Gasteiger partial charge in [0.2, 0.25) is 5.91 Å². The van der Waals surface area contributed by atoms with E-state index in [1.54, 1.807) is 0 Å². The molecule has 1 heterocycles. The Bertz CT molecular complexity index is 510. The van der Waals surface area contributed by atoms with E-state index < -0.39 is 5.97 Å². The number of anilines is 1. The number of aromatic carboxylic acids is 1. The predicted octanol–water partition coefficient (Wildman–Crippen LogP) is 1.33. The summed E-state index contributed by atoms with van der Waals surface area (Å²) >= 11 is 0. The normalized spacial score (nSPS) is 18.4. The third-order valence-corrected chi connectivity index (χ3v) is 3.37. The second kappa shape index (κ2) is 6.38. The number of carbonyl (C=O) groups is 2. The topological polar surface area (TPSA) is 87.7 Å². The van der Waals surface area contributed by atoms with E-state index in [0.29, 0.717) is 18.0 Å². The number of rotatable bonds is 4. The van der Waals surface area contributed by atoms with Gasteiger partial charge in [-0.3, -0.25) is 4.79 Å². The van der Waals surface area contributed by atoms with Crippen molar-refractivity contribution in [1.29, 1.82) is 0 Å². The van der Waals surface area contributed by atoms with Gasteiger partial charge in [-0.2, -0.15) is 0 Å². The number of carboxylic acid groups (broad SMARTS) is 1. The Kier molecular flexibility index (Phi) is 4.57. The van der Waals surface area contributed by atoms with E-state index >= 15 is 0 Å². The van der Waals surface area contributed by atoms with Gasteiger partial charge in [-0.25, -0.2) is 4.79 Å². The number of piperidine rings is 1. The van der Waals surface area contributed by atoms with Crippen LogP contribution in [0, 0.1) is 5.92 Å². The molecule has 1 aromatic carbocycles. The van der Waals surface area contributed by atoms with E-state index in [0.717, 1.165) is 19.4 Å². The van der Waals surface area contributed by atoms with Crippen molar-refractivity contribution in [2.24, 2.45) is 5.92 Å². The van der Waals surface area contributed by atoms with E-state index in [1.807, 2.05) is 0 Å². The highest BCUT2D eigenvalue weighted by Crippen LogP contribution is 2.26. The monoisotopic (exact) mass is 278 g/mol. The second-order valence-electron chi connectivity index (χ2n) is 4.75. The molecule has 1 amide bonds. The van der Waals surface area contributed by atoms with Crippen LogP contribution in [0.1, 0.15) is 23.2 Å². The maximum Gasteiger partial charge on any atom is 0.335 e. The van der Waals surface area contributed by atoms with Crippen LogP contribution in [-0.4, -0.2) is 37.2 Å². The molecule has 0 radical (unpaired) electrons. The zero-order chi connectivity index (χ0) is 14.5. The zero-order valence-corrected chi connectivity index (χ0v) is 11.3. The van der Waals surface area contributed by atoms with Gasteiger partial charge in [-0.15, -0.1) is 0 Å². The van der Waals surface area contributed by atoms with E-state index in [4.69, 9.17) is 9.84 Å². The van der Waals surface area contributed by atoms with Crippen LogP contribution in [0.15, 0.2) is 18.2 Å². The Balaban J connectivity index is 2.15. The van der Waals surface area contributed by atoms with Crippen molar-refractivity contribution in [1.82, 2.24) is 5.32 Å². The highest BCUT2D eigenvalue weighted by molar-refractivity contribution is 5.96. The van der Waals surface area contributed by atoms with E-state index in [2.05, 4.69) is 10.6 Å². The molecular formula is C14H18N2O4. The molecule has 1 atom stereocenters. The third kappa shape index (κ3) is 3.27. The summed E-state index contributed by atoms with van der Waals surface area (Å²) in [5.41, 5.74) is 0.505. The fraction of sp³-hybridized carbons (Fsp3) is 0.429. The average Bonchev–Trinajstić information content (AvgIpc) is 2.48. The van der Waals surface area contributed by atoms with Crippen molar-refractivity contribution < 1.29 is 19.4 Å². The first-order chi connectivity index (χ1) is 9.61. The Labute approximate surface area is 117 Å². The molecule has 2 rings (SSSR count). The van der Waals surface area contributed by atoms with Gasteiger partial charge in [0.05, 0.1) is 24.3 Å². The maximum absolute atomic E-state index is 12.2. The largest absolute Gasteiger partial charge is 0.495 e. The van der Waals surface area contributed by atoms with Crippen LogP contribution in [0.2, 0.25) is 0 Å². The SMILES string of the molecule is COc1ccc(C(=O)O)cc1NC(=O)[C@@H]1CCCNC1. The van der Waals surface area contributed by atoms with Gasteiger partial charge in [0.25, 0.3) is 0 Å². The van der Waals surface area contributed by atoms with Crippen LogP contribution >= 0.6 is 0 Å². The van der Waals surface area contributed by atoms with Crippen LogP contribution < -0.4 is 15.4 Å². The fourth-order valence-corrected chi connectivity index (χ4v) is 2.25. The number of ether oxygens (including phenoxy) is 1. The Morgan fingerprint density at radius 3 is 2.85 bits per heavy atom. The van der Waals surface area contributed by atoms with E-state index in [-0.39, 0.29) is 17.4 Å². The lowest BCUT2D eigenvalue weighted by Crippen LogP contribution is -2.37. The first-order valence-corrected chi connectivity index (χ1v) is 6.54. The first-order valence-electron chi connectivity index (χ1n) is 6.54. The molecule has 0 bridgehead atoms. The first kappa shape index (κ1) is 14.3. The van der Waals surface area contributed by atoms with E-state index in [1.165, 1.54) is 25.3 Å². The zero-order valence-electron chi connectivity index (χ0n) is 11.3. The molecule has 1 aromatic rings. The van der Waals surface area contributed by atoms with Crippen molar-refractivity contribution >= 4 is 17.6 Å². The number of carbonyl (C=O) groups excluding carboxylic acids is 1. The molecule has 6 nitrogen and oxygen atoms in total. The van der Waals surface area contributed by atoms with Crippen molar-refractivity contribution in [3.63, 3.8) is 0 Å². The molecule has 1 aliphatic rings. The minimum Gasteiger partial charge on any atom is -0.495 e. The minimum atomic E-state index is -1.04. The summed E-state index contributed by atoms with van der Waals surface area (Å²) in [5, 5.41) is 14.9. The number of methoxy groups -OCH3 is 1. The van der Waals surface area contributed by atoms with Crippen LogP contribution in [0.3, 0.4) is 0 Å². The molecule has 0 aromatic heterocycles. The summed E-state index contributed by atoms with van der Waals surface area (Å²) < 4.78 is 5.15. The number of carboxylic acids is 1. The van der Waals surface area contributed by atoms with Crippen molar-refractivity contribution in [2.75, 3.05) is 25.5 Å². The molecule has 1 aliphatic heterocycles. The van der Waals surface area contributed by atoms with Crippen molar-refractivity contribution in [2.45, 2.75) is 12.8 Å². The summed E-state index contributed by atoms with van der Waals surface area (Å²) in [6.07, 6.45) is 1.80. The summed E-state index contributed by atoms with van der Waals surface area (Å²) in [7, 11) is 1.48. The van der Waals surface area contributed by atoms with Gasteiger partial charge in [0.1, 0.15) is 5.75 Å². The summed E-state index contributed by atoms with van der Waals surface area (Å²) in [6.45, 7) is 1.58. The molecule has 20 heavy (non-hydrogen) atoms. The smallest absolute Gasteiger partial charge is 0.335 e. The molecule has 108 valence electrons. The van der Waals surface area contributed by atoms with Gasteiger partial charge in [0, 0.05) is 6.54 Å². The number of hydrogen-bond donors (Lipinski definition) is 3. The van der Waals surface area contributed by atoms with Gasteiger partial charge < -0.3 is 20.5 Å². The van der Waals surface area contributed by atoms with Gasteiger partial charge >= 0.3 is 5.97 Å². The van der Waals surface area contributed by atoms with E-state index in [9.17, 15) is 9.59 Å². The van der Waals surface area contributed by atoms with Gasteiger partial charge in [-0.05, 0) is 37.6 Å². The molecule has 0 spiro atoms. The van der Waals surface area contributed by atoms with Crippen LogP contribution in [0.4, 0.5) is 5.69 Å². The van der Waals surface area contributed by atoms with Crippen molar-refractivity contribution in [3.8, 4) is 5.75 Å². The highest BCUT2D eigenvalue weighted by atomic mass is 16.5. The lowest BCUT2D eigenvalue weighted by molar-refractivity contribution is -0.120. The molecule has 0 unspecified atom stereocenters. The predicted molar refractivity (Wildman–Crippen MR) is 74.2 cm³/mol. The summed E-state index contributed by atoms with van der Waals surface area (Å²) in [5.74, 6) is -0.797. The summed E-state index contributed by atoms with van der Waals surface area (Å²) in [4.78, 5) is 23.1. The highest BCUT2D eigenvalue weighted by Gasteiger charge is 2.22. The third-order valence-electron chi connectivity index (χ3n) is 3.37. The molecule has 1 saturated heterocycles. The molecule has 0 saturated carbocycles. The fourth-order valence-electron chi connectivity index (χ4n) is 2.25. The maximum atomic E-state index is 12.2. The van der Waals surface area contributed by atoms with Gasteiger partial charge in [-0.1, -0.05) is 0 Å². The molecule has 6 heteroatoms. The Morgan fingerprint density at radius 2 is 2.25 bits per heavy atom. The van der Waals surface area contributed by atoms with Crippen LogP contribution in [0.25, 0.3) is 0 Å². The Morgan fingerprint density at radius 1 is 1.45 bits per heavy atom. The standard InChI is InChI=1S/C14H18N2O4/c1-20-12-5-4-9(14(18)19)7-11(12)16-13(17)10-3-2-6-15-8-10/h4-5,7,10,15H,2-3,6,8H2,1H3,(H,16,17)(H,18,19)/t10-/m1/s1. The van der Waals surface area contributed by atoms with Gasteiger partial charge in [0.15, 0.2) is 0 Å². The molecule has 1 fully saturated rings. The number of hydrogen-bond acceptors (Lipinski definition) is 4. The molecule has 0 aliphatic carbocycles. The van der Waals surface area contributed by atoms with Crippen molar-refractivity contribution in [3.05, 3.63) is 23.8 Å². The number of nitrogens with one attached hydrogen (secondary N) is 2. The number of amides is 1. The lowest BCUT2D eigenvalue weighted by Gasteiger charge is -2.22. The number of benzene rings is 1. The quantitative estimate of drug-likeness (QED) is 0.773. The van der Waals surface area contributed by atoms with Crippen LogP contribution in [0.5, 0.6) is 5.75 Å². The second-order valence-corrected chi connectivity index (χ2v) is 4.75. The van der Waals surface area contributed by atoms with Crippen LogP contribution in [-0.2, 0) is 4.79 Å². The average molecular weight is 278 g/mol. The Hall–Kier alpha value is -2.08. The lowest BCUT2D eigenvalue weighted by atomic mass is 9.98. The summed E-state index contributed by atoms with van der Waals surface area (Å²) in [6, 6.07) is 4.40.